The van der Waals surface area contributed by atoms with Gasteiger partial charge in [-0.15, -0.1) is 10.2 Å². The number of ether oxygens (including phenoxy) is 2. The molecule has 0 fully saturated rings. The van der Waals surface area contributed by atoms with E-state index in [1.807, 2.05) is 49.4 Å². The highest BCUT2D eigenvalue weighted by atomic mass is 35.5. The van der Waals surface area contributed by atoms with Crippen LogP contribution in [0.1, 0.15) is 30.1 Å². The standard InChI is InChI=1S/C24H22ClN3O5/c1-15-13-18(25)10-11-19(15)30-12-6-9-21(29)31-14-20-26-27-24(32-20)22-16(2)33-28-23(22)17-7-4-3-5-8-17/h3-5,7-8,10-11,13H,6,9,12,14H2,1-2H3. The molecule has 0 unspecified atom stereocenters. The van der Waals surface area contributed by atoms with Crippen molar-refractivity contribution in [3.05, 3.63) is 70.8 Å². The first-order valence-electron chi connectivity index (χ1n) is 10.4. The predicted molar refractivity (Wildman–Crippen MR) is 121 cm³/mol. The number of hydrogen-bond donors (Lipinski definition) is 0. The molecule has 170 valence electrons. The van der Waals surface area contributed by atoms with Crippen LogP contribution in [-0.2, 0) is 16.1 Å². The third-order valence-corrected chi connectivity index (χ3v) is 5.10. The number of hydrogen-bond acceptors (Lipinski definition) is 8. The lowest BCUT2D eigenvalue weighted by Gasteiger charge is -2.09. The Bertz CT molecular complexity index is 1240. The molecule has 0 atom stereocenters. The van der Waals surface area contributed by atoms with Crippen molar-refractivity contribution in [1.82, 2.24) is 15.4 Å². The molecule has 0 aliphatic carbocycles. The molecule has 0 bridgehead atoms. The Labute approximate surface area is 195 Å². The molecule has 0 radical (unpaired) electrons. The van der Waals surface area contributed by atoms with Crippen molar-refractivity contribution >= 4 is 17.6 Å². The zero-order chi connectivity index (χ0) is 23.2. The molecule has 2 heterocycles. The number of rotatable bonds is 9. The van der Waals surface area contributed by atoms with Crippen molar-refractivity contribution in [3.8, 4) is 28.5 Å². The van der Waals surface area contributed by atoms with E-state index in [4.69, 9.17) is 30.0 Å². The number of nitrogens with zero attached hydrogens (tertiary/aromatic N) is 3. The highest BCUT2D eigenvalue weighted by Gasteiger charge is 2.22. The summed E-state index contributed by atoms with van der Waals surface area (Å²) in [6.07, 6.45) is 0.715. The second kappa shape index (κ2) is 10.3. The second-order valence-electron chi connectivity index (χ2n) is 7.35. The molecular formula is C24H22ClN3O5. The van der Waals surface area contributed by atoms with Gasteiger partial charge in [-0.05, 0) is 44.0 Å². The number of carbonyl (C=O) groups is 1. The van der Waals surface area contributed by atoms with Gasteiger partial charge in [0.1, 0.15) is 22.8 Å². The Morgan fingerprint density at radius 3 is 2.70 bits per heavy atom. The van der Waals surface area contributed by atoms with Crippen LogP contribution in [0.4, 0.5) is 0 Å². The van der Waals surface area contributed by atoms with E-state index in [1.54, 1.807) is 13.0 Å². The molecule has 4 aromatic rings. The van der Waals surface area contributed by atoms with Gasteiger partial charge in [0.2, 0.25) is 0 Å². The minimum Gasteiger partial charge on any atom is -0.493 e. The molecular weight excluding hydrogens is 446 g/mol. The molecule has 2 aromatic carbocycles. The SMILES string of the molecule is Cc1cc(Cl)ccc1OCCCC(=O)OCc1nnc(-c2c(-c3ccccc3)noc2C)o1. The van der Waals surface area contributed by atoms with Crippen LogP contribution in [0.3, 0.4) is 0 Å². The fraction of sp³-hybridized carbons (Fsp3) is 0.250. The van der Waals surface area contributed by atoms with E-state index < -0.39 is 0 Å². The number of esters is 1. The Morgan fingerprint density at radius 1 is 1.09 bits per heavy atom. The maximum absolute atomic E-state index is 12.1. The van der Waals surface area contributed by atoms with Crippen LogP contribution >= 0.6 is 11.6 Å². The highest BCUT2D eigenvalue weighted by molar-refractivity contribution is 6.30. The number of aromatic nitrogens is 3. The van der Waals surface area contributed by atoms with E-state index >= 15 is 0 Å². The molecule has 0 N–H and O–H groups in total. The maximum atomic E-state index is 12.1. The molecule has 4 rings (SSSR count). The van der Waals surface area contributed by atoms with Crippen LogP contribution in [0, 0.1) is 13.8 Å². The van der Waals surface area contributed by atoms with Gasteiger partial charge in [-0.3, -0.25) is 4.79 Å². The summed E-state index contributed by atoms with van der Waals surface area (Å²) in [5, 5.41) is 12.8. The summed E-state index contributed by atoms with van der Waals surface area (Å²) in [5.74, 6) is 1.36. The molecule has 2 aromatic heterocycles. The van der Waals surface area contributed by atoms with E-state index in [-0.39, 0.29) is 30.8 Å². The first kappa shape index (κ1) is 22.5. The number of aryl methyl sites for hydroxylation is 2. The van der Waals surface area contributed by atoms with Gasteiger partial charge < -0.3 is 18.4 Å². The number of benzene rings is 2. The predicted octanol–water partition coefficient (Wildman–Crippen LogP) is 5.56. The molecule has 0 aliphatic heterocycles. The summed E-state index contributed by atoms with van der Waals surface area (Å²) in [6.45, 7) is 3.95. The largest absolute Gasteiger partial charge is 0.493 e. The lowest BCUT2D eigenvalue weighted by Crippen LogP contribution is -2.07. The van der Waals surface area contributed by atoms with E-state index in [2.05, 4.69) is 15.4 Å². The molecule has 0 spiro atoms. The van der Waals surface area contributed by atoms with Crippen molar-refractivity contribution < 1.29 is 23.2 Å². The second-order valence-corrected chi connectivity index (χ2v) is 7.79. The van der Waals surface area contributed by atoms with Crippen LogP contribution in [0.25, 0.3) is 22.7 Å². The van der Waals surface area contributed by atoms with Gasteiger partial charge >= 0.3 is 5.97 Å². The lowest BCUT2D eigenvalue weighted by atomic mass is 10.1. The number of carbonyl (C=O) groups excluding carboxylic acids is 1. The van der Waals surface area contributed by atoms with Gasteiger partial charge in [0.15, 0.2) is 6.61 Å². The first-order valence-corrected chi connectivity index (χ1v) is 10.8. The fourth-order valence-electron chi connectivity index (χ4n) is 3.22. The van der Waals surface area contributed by atoms with Gasteiger partial charge in [0.05, 0.1) is 6.61 Å². The Hall–Kier alpha value is -3.65. The monoisotopic (exact) mass is 467 g/mol. The quantitative estimate of drug-likeness (QED) is 0.233. The van der Waals surface area contributed by atoms with Crippen LogP contribution in [0.2, 0.25) is 5.02 Å². The van der Waals surface area contributed by atoms with E-state index in [0.717, 1.165) is 16.9 Å². The smallest absolute Gasteiger partial charge is 0.306 e. The molecule has 8 nitrogen and oxygen atoms in total. The summed E-state index contributed by atoms with van der Waals surface area (Å²) < 4.78 is 22.0. The van der Waals surface area contributed by atoms with Crippen molar-refractivity contribution in [1.29, 1.82) is 0 Å². The van der Waals surface area contributed by atoms with Crippen molar-refractivity contribution in [2.45, 2.75) is 33.3 Å². The summed E-state index contributed by atoms with van der Waals surface area (Å²) in [6, 6.07) is 15.0. The van der Waals surface area contributed by atoms with E-state index in [9.17, 15) is 4.79 Å². The minimum absolute atomic E-state index is 0.117. The molecule has 9 heteroatoms. The van der Waals surface area contributed by atoms with Crippen molar-refractivity contribution in [2.24, 2.45) is 0 Å². The molecule has 0 saturated carbocycles. The van der Waals surface area contributed by atoms with Crippen LogP contribution in [-0.4, -0.2) is 27.9 Å². The lowest BCUT2D eigenvalue weighted by molar-refractivity contribution is -0.145. The number of halogens is 1. The van der Waals surface area contributed by atoms with Gasteiger partial charge in [0, 0.05) is 17.0 Å². The Kier molecular flexibility index (Phi) is 7.04. The Morgan fingerprint density at radius 2 is 1.91 bits per heavy atom. The maximum Gasteiger partial charge on any atom is 0.306 e. The van der Waals surface area contributed by atoms with E-state index in [1.165, 1.54) is 0 Å². The van der Waals surface area contributed by atoms with Gasteiger partial charge in [-0.1, -0.05) is 47.1 Å². The zero-order valence-corrected chi connectivity index (χ0v) is 19.0. The average molecular weight is 468 g/mol. The van der Waals surface area contributed by atoms with Gasteiger partial charge in [-0.25, -0.2) is 0 Å². The van der Waals surface area contributed by atoms with Crippen LogP contribution in [0.5, 0.6) is 5.75 Å². The first-order chi connectivity index (χ1) is 16.0. The summed E-state index contributed by atoms with van der Waals surface area (Å²) in [5.41, 5.74) is 3.03. The van der Waals surface area contributed by atoms with Gasteiger partial charge in [0.25, 0.3) is 11.8 Å². The van der Waals surface area contributed by atoms with Crippen LogP contribution in [0.15, 0.2) is 57.5 Å². The summed E-state index contributed by atoms with van der Waals surface area (Å²) in [7, 11) is 0. The average Bonchev–Trinajstić information content (AvgIpc) is 3.43. The molecule has 33 heavy (non-hydrogen) atoms. The topological polar surface area (TPSA) is 100 Å². The molecule has 0 amide bonds. The van der Waals surface area contributed by atoms with Crippen molar-refractivity contribution in [3.63, 3.8) is 0 Å². The minimum atomic E-state index is -0.377. The summed E-state index contributed by atoms with van der Waals surface area (Å²) >= 11 is 5.94. The molecule has 0 saturated heterocycles. The third kappa shape index (κ3) is 5.59. The van der Waals surface area contributed by atoms with Crippen molar-refractivity contribution in [2.75, 3.05) is 6.61 Å². The van der Waals surface area contributed by atoms with Gasteiger partial charge in [-0.2, -0.15) is 0 Å². The summed E-state index contributed by atoms with van der Waals surface area (Å²) in [4.78, 5) is 12.1. The fourth-order valence-corrected chi connectivity index (χ4v) is 3.44. The van der Waals surface area contributed by atoms with Crippen LogP contribution < -0.4 is 4.74 Å². The Balaban J connectivity index is 1.28. The zero-order valence-electron chi connectivity index (χ0n) is 18.2. The third-order valence-electron chi connectivity index (χ3n) is 4.87. The van der Waals surface area contributed by atoms with E-state index in [0.29, 0.717) is 35.1 Å². The normalized spacial score (nSPS) is 10.9. The molecule has 0 aliphatic rings. The highest BCUT2D eigenvalue weighted by Crippen LogP contribution is 2.33.